The average molecular weight is 407 g/mol. The topological polar surface area (TPSA) is 71.0 Å². The lowest BCUT2D eigenvalue weighted by Crippen LogP contribution is -2.46. The van der Waals surface area contributed by atoms with Gasteiger partial charge in [0.2, 0.25) is 5.91 Å². The zero-order valence-corrected chi connectivity index (χ0v) is 17.5. The van der Waals surface area contributed by atoms with Crippen molar-refractivity contribution in [1.82, 2.24) is 10.2 Å². The van der Waals surface area contributed by atoms with Crippen LogP contribution in [0.4, 0.5) is 0 Å². The second-order valence-corrected chi connectivity index (χ2v) is 7.88. The minimum atomic E-state index is -1.87. The van der Waals surface area contributed by atoms with Crippen LogP contribution in [0.15, 0.2) is 18.2 Å². The second-order valence-electron chi connectivity index (χ2n) is 7.88. The Morgan fingerprint density at radius 2 is 1.90 bits per heavy atom. The van der Waals surface area contributed by atoms with Crippen molar-refractivity contribution >= 4 is 5.91 Å². The molecule has 2 heterocycles. The zero-order chi connectivity index (χ0) is 22.3. The standard InChI is InChI=1S/C23H36N2O4/c1-2-3-4-5-6-9-22(26)24-19(17-25-12-7-8-13-25)23(27)18-10-11-20-21(16-18)29-15-14-28-20/h10-11,16,19,23,27H,2-9,12-15,17H2,1H3,(H,24,26)/t19-,23-/m1/s1/i17D2. The molecule has 3 rings (SSSR count). The molecule has 0 saturated carbocycles. The highest BCUT2D eigenvalue weighted by Gasteiger charge is 2.27. The van der Waals surface area contributed by atoms with Gasteiger partial charge in [0.25, 0.3) is 0 Å². The number of nitrogens with one attached hydrogen (secondary N) is 1. The van der Waals surface area contributed by atoms with Crippen LogP contribution < -0.4 is 14.8 Å². The quantitative estimate of drug-likeness (QED) is 0.551. The number of unbranched alkanes of at least 4 members (excludes halogenated alkanes) is 4. The Bertz CT molecular complexity index is 726. The van der Waals surface area contributed by atoms with Crippen LogP contribution in [0.2, 0.25) is 0 Å². The van der Waals surface area contributed by atoms with Gasteiger partial charge in [-0.2, -0.15) is 0 Å². The lowest BCUT2D eigenvalue weighted by Gasteiger charge is -2.29. The Morgan fingerprint density at radius 1 is 1.17 bits per heavy atom. The van der Waals surface area contributed by atoms with Gasteiger partial charge >= 0.3 is 0 Å². The monoisotopic (exact) mass is 406 g/mol. The summed E-state index contributed by atoms with van der Waals surface area (Å²) in [6.07, 6.45) is 6.11. The molecule has 2 N–H and O–H groups in total. The molecule has 2 aliphatic rings. The number of carbonyl (C=O) groups excluding carboxylic acids is 1. The van der Waals surface area contributed by atoms with Gasteiger partial charge in [0.05, 0.1) is 6.04 Å². The summed E-state index contributed by atoms with van der Waals surface area (Å²) < 4.78 is 28.7. The van der Waals surface area contributed by atoms with E-state index < -0.39 is 18.6 Å². The second kappa shape index (κ2) is 11.4. The van der Waals surface area contributed by atoms with Crippen molar-refractivity contribution < 1.29 is 22.1 Å². The average Bonchev–Trinajstić information content (AvgIpc) is 3.32. The third kappa shape index (κ3) is 6.61. The molecule has 1 aromatic rings. The summed E-state index contributed by atoms with van der Waals surface area (Å²) in [7, 11) is 0. The molecular formula is C23H36N2O4. The molecule has 1 fully saturated rings. The first kappa shape index (κ1) is 19.2. The van der Waals surface area contributed by atoms with Gasteiger partial charge in [-0.3, -0.25) is 4.79 Å². The molecule has 162 valence electrons. The molecule has 0 bridgehead atoms. The van der Waals surface area contributed by atoms with Gasteiger partial charge in [0.1, 0.15) is 19.3 Å². The summed E-state index contributed by atoms with van der Waals surface area (Å²) in [5.41, 5.74) is 0.501. The maximum atomic E-state index is 12.7. The van der Waals surface area contributed by atoms with Gasteiger partial charge in [-0.15, -0.1) is 0 Å². The molecule has 6 heteroatoms. The van der Waals surface area contributed by atoms with E-state index in [1.165, 1.54) is 0 Å². The molecule has 2 atom stereocenters. The molecule has 0 aromatic heterocycles. The van der Waals surface area contributed by atoms with Gasteiger partial charge in [-0.1, -0.05) is 38.7 Å². The first-order valence-electron chi connectivity index (χ1n) is 12.1. The zero-order valence-electron chi connectivity index (χ0n) is 19.5. The number of amides is 1. The van der Waals surface area contributed by atoms with E-state index in [2.05, 4.69) is 12.2 Å². The van der Waals surface area contributed by atoms with E-state index in [0.29, 0.717) is 49.8 Å². The molecule has 6 nitrogen and oxygen atoms in total. The first-order valence-corrected chi connectivity index (χ1v) is 11.1. The number of fused-ring (bicyclic) bond motifs is 1. The van der Waals surface area contributed by atoms with Gasteiger partial charge in [-0.05, 0) is 50.0 Å². The number of hydrogen-bond donors (Lipinski definition) is 2. The van der Waals surface area contributed by atoms with Crippen molar-refractivity contribution in [1.29, 1.82) is 0 Å². The Hall–Kier alpha value is -1.79. The molecule has 29 heavy (non-hydrogen) atoms. The van der Waals surface area contributed by atoms with Crippen LogP contribution >= 0.6 is 0 Å². The number of aliphatic hydroxyl groups excluding tert-OH is 1. The van der Waals surface area contributed by atoms with Gasteiger partial charge in [0.15, 0.2) is 11.5 Å². The largest absolute Gasteiger partial charge is 0.486 e. The SMILES string of the molecule is [2H]C([2H])([C@@H](NC(=O)CCCCCCC)[C@H](O)c1ccc2c(c1)OCCO2)N1CCCC1. The third-order valence-corrected chi connectivity index (χ3v) is 5.48. The first-order chi connectivity index (χ1) is 14.9. The maximum Gasteiger partial charge on any atom is 0.220 e. The van der Waals surface area contributed by atoms with Crippen LogP contribution in [0.5, 0.6) is 11.5 Å². The van der Waals surface area contributed by atoms with Crippen molar-refractivity contribution in [3.8, 4) is 11.5 Å². The number of carbonyl (C=O) groups is 1. The third-order valence-electron chi connectivity index (χ3n) is 5.48. The van der Waals surface area contributed by atoms with E-state index >= 15 is 0 Å². The fourth-order valence-electron chi connectivity index (χ4n) is 3.80. The number of rotatable bonds is 11. The van der Waals surface area contributed by atoms with Crippen LogP contribution in [-0.2, 0) is 4.79 Å². The lowest BCUT2D eigenvalue weighted by atomic mass is 10.0. The van der Waals surface area contributed by atoms with Gasteiger partial charge < -0.3 is 24.8 Å². The van der Waals surface area contributed by atoms with E-state index in [-0.39, 0.29) is 5.91 Å². The molecule has 0 aliphatic carbocycles. The molecule has 1 aromatic carbocycles. The number of ether oxygens (including phenoxy) is 2. The lowest BCUT2D eigenvalue weighted by molar-refractivity contribution is -0.123. The molecule has 1 saturated heterocycles. The molecule has 0 radical (unpaired) electrons. The summed E-state index contributed by atoms with van der Waals surface area (Å²) in [5, 5.41) is 14.0. The highest BCUT2D eigenvalue weighted by atomic mass is 16.6. The van der Waals surface area contributed by atoms with Crippen molar-refractivity contribution in [3.05, 3.63) is 23.8 Å². The fourth-order valence-corrected chi connectivity index (χ4v) is 3.80. The van der Waals surface area contributed by atoms with Crippen molar-refractivity contribution in [2.75, 3.05) is 32.8 Å². The van der Waals surface area contributed by atoms with Gasteiger partial charge in [-0.25, -0.2) is 0 Å². The maximum absolute atomic E-state index is 12.7. The summed E-state index contributed by atoms with van der Waals surface area (Å²) in [5.74, 6) is 0.920. The minimum Gasteiger partial charge on any atom is -0.486 e. The predicted molar refractivity (Wildman–Crippen MR) is 113 cm³/mol. The van der Waals surface area contributed by atoms with Crippen LogP contribution in [-0.4, -0.2) is 54.8 Å². The number of nitrogens with zero attached hydrogens (tertiary/aromatic N) is 1. The number of aliphatic hydroxyl groups is 1. The number of benzene rings is 1. The predicted octanol–water partition coefficient (Wildman–Crippen LogP) is 3.43. The van der Waals surface area contributed by atoms with Crippen LogP contribution in [0.3, 0.4) is 0 Å². The fraction of sp³-hybridized carbons (Fsp3) is 0.696. The molecular weight excluding hydrogens is 368 g/mol. The minimum absolute atomic E-state index is 0.221. The Morgan fingerprint density at radius 3 is 2.66 bits per heavy atom. The Labute approximate surface area is 177 Å². The summed E-state index contributed by atoms with van der Waals surface area (Å²) in [6.45, 7) is 2.41. The highest BCUT2D eigenvalue weighted by molar-refractivity contribution is 5.76. The number of likely N-dealkylation sites (tertiary alicyclic amines) is 1. The Balaban J connectivity index is 1.74. The van der Waals surface area contributed by atoms with Crippen molar-refractivity contribution in [3.63, 3.8) is 0 Å². The van der Waals surface area contributed by atoms with Crippen molar-refractivity contribution in [2.45, 2.75) is 70.4 Å². The molecule has 0 spiro atoms. The smallest absolute Gasteiger partial charge is 0.220 e. The van der Waals surface area contributed by atoms with E-state index in [1.54, 1.807) is 23.1 Å². The molecule has 1 amide bonds. The van der Waals surface area contributed by atoms with Crippen LogP contribution in [0.1, 0.15) is 72.7 Å². The van der Waals surface area contributed by atoms with Crippen molar-refractivity contribution in [2.24, 2.45) is 0 Å². The van der Waals surface area contributed by atoms with E-state index in [1.807, 2.05) is 0 Å². The molecule has 2 aliphatic heterocycles. The number of hydrogen-bond acceptors (Lipinski definition) is 5. The van der Waals surface area contributed by atoms with E-state index in [9.17, 15) is 9.90 Å². The highest BCUT2D eigenvalue weighted by Crippen LogP contribution is 2.33. The summed E-state index contributed by atoms with van der Waals surface area (Å²) >= 11 is 0. The normalized spacial score (nSPS) is 19.9. The summed E-state index contributed by atoms with van der Waals surface area (Å²) in [4.78, 5) is 14.4. The Kier molecular flexibility index (Phi) is 7.55. The van der Waals surface area contributed by atoms with Crippen LogP contribution in [0, 0.1) is 0 Å². The molecule has 0 unspecified atom stereocenters. The van der Waals surface area contributed by atoms with Crippen LogP contribution in [0.25, 0.3) is 0 Å². The van der Waals surface area contributed by atoms with E-state index in [4.69, 9.17) is 12.2 Å². The van der Waals surface area contributed by atoms with E-state index in [0.717, 1.165) is 44.9 Å². The summed E-state index contributed by atoms with van der Waals surface area (Å²) in [6, 6.07) is 4.03. The van der Waals surface area contributed by atoms with Gasteiger partial charge in [0, 0.05) is 15.7 Å².